The van der Waals surface area contributed by atoms with Gasteiger partial charge in [-0.1, -0.05) is 5.92 Å². The first-order valence-electron chi connectivity index (χ1n) is 10.2. The number of aromatic nitrogens is 1. The number of hydrogen-bond acceptors (Lipinski definition) is 5. The van der Waals surface area contributed by atoms with Crippen molar-refractivity contribution in [2.75, 3.05) is 24.5 Å². The van der Waals surface area contributed by atoms with E-state index in [1.165, 1.54) is 12.3 Å². The van der Waals surface area contributed by atoms with E-state index < -0.39 is 17.4 Å². The summed E-state index contributed by atoms with van der Waals surface area (Å²) in [6.07, 6.45) is 9.23. The van der Waals surface area contributed by atoms with Gasteiger partial charge in [-0.3, -0.25) is 9.69 Å². The molecular weight excluding hydrogens is 389 g/mol. The van der Waals surface area contributed by atoms with Crippen LogP contribution in [0.4, 0.5) is 14.9 Å². The molecule has 2 bridgehead atoms. The van der Waals surface area contributed by atoms with Crippen LogP contribution >= 0.6 is 0 Å². The zero-order chi connectivity index (χ0) is 21.0. The third kappa shape index (κ3) is 3.10. The number of carbonyl (C=O) groups is 1. The van der Waals surface area contributed by atoms with Gasteiger partial charge in [-0.05, 0) is 37.8 Å². The average molecular weight is 411 g/mol. The average Bonchev–Trinajstić information content (AvgIpc) is 3.56. The van der Waals surface area contributed by atoms with Crippen LogP contribution in [0.2, 0.25) is 0 Å². The molecule has 0 amide bonds. The number of piperazine rings is 1. The van der Waals surface area contributed by atoms with Crippen molar-refractivity contribution in [2.24, 2.45) is 0 Å². The first-order chi connectivity index (χ1) is 14.5. The minimum atomic E-state index is -1.56. The number of hydrogen-bond donors (Lipinski definition) is 1. The summed E-state index contributed by atoms with van der Waals surface area (Å²) in [6, 6.07) is 3.58. The summed E-state index contributed by atoms with van der Waals surface area (Å²) < 4.78 is 21.7. The number of nitrogens with zero attached hydrogens (tertiary/aromatic N) is 3. The smallest absolute Gasteiger partial charge is 0.449 e. The van der Waals surface area contributed by atoms with Crippen molar-refractivity contribution < 1.29 is 19.0 Å². The molecule has 30 heavy (non-hydrogen) atoms. The Bertz CT molecular complexity index is 1130. The van der Waals surface area contributed by atoms with E-state index in [1.54, 1.807) is 6.07 Å². The number of fused-ring (bicyclic) bond motifs is 4. The summed E-state index contributed by atoms with van der Waals surface area (Å²) in [6.45, 7) is 2.10. The second-order valence-electron chi connectivity index (χ2n) is 8.32. The molecule has 0 radical (unpaired) electrons. The molecule has 4 fully saturated rings. The standard InChI is InChI=1S/C22H22FN3O4/c1-2-7-24-10-15-6-5-14(24)11-25(15)19-9-18-16(8-17(19)23)21(27)20(30-22(28)29)12-26(18)13-3-4-13/h1,8-9,12-15H,3-7,10-11H2,(H,28,29). The Labute approximate surface area is 172 Å². The number of terminal acetylenes is 1. The molecule has 2 unspecified atom stereocenters. The third-order valence-electron chi connectivity index (χ3n) is 6.45. The highest BCUT2D eigenvalue weighted by Gasteiger charge is 2.39. The monoisotopic (exact) mass is 411 g/mol. The van der Waals surface area contributed by atoms with E-state index in [0.29, 0.717) is 24.3 Å². The maximum atomic E-state index is 15.2. The van der Waals surface area contributed by atoms with Gasteiger partial charge in [-0.15, -0.1) is 6.42 Å². The molecule has 2 aromatic rings. The van der Waals surface area contributed by atoms with Gasteiger partial charge in [0.25, 0.3) is 0 Å². The predicted molar refractivity (Wildman–Crippen MR) is 110 cm³/mol. The topological polar surface area (TPSA) is 75.0 Å². The maximum absolute atomic E-state index is 15.2. The Morgan fingerprint density at radius 2 is 1.93 bits per heavy atom. The third-order valence-corrected chi connectivity index (χ3v) is 6.45. The van der Waals surface area contributed by atoms with Crippen molar-refractivity contribution in [3.05, 3.63) is 34.4 Å². The summed E-state index contributed by atoms with van der Waals surface area (Å²) in [5, 5.41) is 9.07. The fourth-order valence-corrected chi connectivity index (χ4v) is 4.90. The molecule has 1 aromatic carbocycles. The van der Waals surface area contributed by atoms with E-state index in [1.807, 2.05) is 4.57 Å². The van der Waals surface area contributed by atoms with Crippen molar-refractivity contribution in [3.8, 4) is 18.1 Å². The van der Waals surface area contributed by atoms with E-state index in [2.05, 4.69) is 20.5 Å². The van der Waals surface area contributed by atoms with E-state index in [4.69, 9.17) is 11.5 Å². The number of benzene rings is 1. The van der Waals surface area contributed by atoms with Crippen LogP contribution in [-0.4, -0.2) is 52.4 Å². The van der Waals surface area contributed by atoms with Gasteiger partial charge < -0.3 is 19.3 Å². The molecule has 1 saturated carbocycles. The lowest BCUT2D eigenvalue weighted by Crippen LogP contribution is -2.62. The van der Waals surface area contributed by atoms with Crippen molar-refractivity contribution in [3.63, 3.8) is 0 Å². The van der Waals surface area contributed by atoms with Gasteiger partial charge in [-0.2, -0.15) is 0 Å². The Morgan fingerprint density at radius 1 is 1.20 bits per heavy atom. The van der Waals surface area contributed by atoms with Crippen LogP contribution in [0, 0.1) is 18.2 Å². The van der Waals surface area contributed by atoms with Gasteiger partial charge in [0.05, 0.1) is 29.3 Å². The summed E-state index contributed by atoms with van der Waals surface area (Å²) in [4.78, 5) is 28.1. The van der Waals surface area contributed by atoms with Crippen LogP contribution in [0.3, 0.4) is 0 Å². The summed E-state index contributed by atoms with van der Waals surface area (Å²) >= 11 is 0. The Balaban J connectivity index is 1.59. The molecule has 6 rings (SSSR count). The van der Waals surface area contributed by atoms with Gasteiger partial charge in [0.2, 0.25) is 5.43 Å². The van der Waals surface area contributed by atoms with Crippen LogP contribution in [0.5, 0.6) is 5.75 Å². The van der Waals surface area contributed by atoms with Crippen LogP contribution in [0.1, 0.15) is 31.7 Å². The van der Waals surface area contributed by atoms with Crippen molar-refractivity contribution in [1.82, 2.24) is 9.47 Å². The van der Waals surface area contributed by atoms with E-state index >= 15 is 4.39 Å². The second-order valence-corrected chi connectivity index (χ2v) is 8.32. The molecule has 8 heteroatoms. The van der Waals surface area contributed by atoms with Gasteiger partial charge in [-0.25, -0.2) is 9.18 Å². The Hall–Kier alpha value is -3.05. The molecule has 1 aliphatic carbocycles. The number of anilines is 1. The van der Waals surface area contributed by atoms with E-state index in [0.717, 1.165) is 32.2 Å². The van der Waals surface area contributed by atoms with Crippen molar-refractivity contribution in [1.29, 1.82) is 0 Å². The Kier molecular flexibility index (Phi) is 4.44. The molecule has 156 valence electrons. The zero-order valence-corrected chi connectivity index (χ0v) is 16.4. The largest absolute Gasteiger partial charge is 0.511 e. The molecule has 2 atom stereocenters. The highest BCUT2D eigenvalue weighted by molar-refractivity contribution is 5.85. The first kappa shape index (κ1) is 18.9. The zero-order valence-electron chi connectivity index (χ0n) is 16.4. The van der Waals surface area contributed by atoms with Crippen molar-refractivity contribution in [2.45, 2.75) is 43.8 Å². The highest BCUT2D eigenvalue weighted by atomic mass is 19.1. The molecule has 0 spiro atoms. The first-order valence-corrected chi connectivity index (χ1v) is 10.2. The summed E-state index contributed by atoms with van der Waals surface area (Å²) in [5.74, 6) is 1.93. The van der Waals surface area contributed by atoms with Crippen LogP contribution in [-0.2, 0) is 0 Å². The van der Waals surface area contributed by atoms with Crippen LogP contribution in [0.15, 0.2) is 23.1 Å². The lowest BCUT2D eigenvalue weighted by molar-refractivity contribution is 0.111. The molecule has 1 N–H and O–H groups in total. The minimum absolute atomic E-state index is 0.137. The minimum Gasteiger partial charge on any atom is -0.449 e. The molecule has 7 nitrogen and oxygen atoms in total. The SMILES string of the molecule is C#CCN1CC2CCC1CN2c1cc2c(cc1F)c(=O)c(OC(=O)O)cn2C1CC1. The lowest BCUT2D eigenvalue weighted by Gasteiger charge is -2.52. The lowest BCUT2D eigenvalue weighted by atomic mass is 9.90. The second kappa shape index (κ2) is 7.03. The summed E-state index contributed by atoms with van der Waals surface area (Å²) in [5.41, 5.74) is 0.479. The number of pyridine rings is 1. The Morgan fingerprint density at radius 3 is 2.57 bits per heavy atom. The van der Waals surface area contributed by atoms with Gasteiger partial charge >= 0.3 is 6.16 Å². The van der Waals surface area contributed by atoms with E-state index in [-0.39, 0.29) is 29.3 Å². The van der Waals surface area contributed by atoms with Gasteiger partial charge in [0.15, 0.2) is 5.75 Å². The number of piperidine rings is 2. The fraction of sp³-hybridized carbons (Fsp3) is 0.455. The molecule has 1 aromatic heterocycles. The van der Waals surface area contributed by atoms with Gasteiger partial charge in [0.1, 0.15) is 5.82 Å². The normalized spacial score (nSPS) is 23.5. The van der Waals surface area contributed by atoms with Crippen molar-refractivity contribution >= 4 is 22.7 Å². The molecule has 3 saturated heterocycles. The highest BCUT2D eigenvalue weighted by Crippen LogP contribution is 2.40. The summed E-state index contributed by atoms with van der Waals surface area (Å²) in [7, 11) is 0. The quantitative estimate of drug-likeness (QED) is 0.616. The predicted octanol–water partition coefficient (Wildman–Crippen LogP) is 2.82. The number of rotatable bonds is 4. The molecule has 4 aliphatic rings. The fourth-order valence-electron chi connectivity index (χ4n) is 4.90. The van der Waals surface area contributed by atoms with Crippen LogP contribution < -0.4 is 15.1 Å². The number of halogens is 1. The molecular formula is C22H22FN3O4. The van der Waals surface area contributed by atoms with Gasteiger partial charge in [0, 0.05) is 31.2 Å². The number of carboxylic acid groups (broad SMARTS) is 1. The van der Waals surface area contributed by atoms with Crippen LogP contribution in [0.25, 0.3) is 10.9 Å². The number of ether oxygens (including phenoxy) is 1. The molecule has 3 aliphatic heterocycles. The maximum Gasteiger partial charge on any atom is 0.511 e. The molecule has 4 heterocycles. The van der Waals surface area contributed by atoms with E-state index in [9.17, 15) is 9.59 Å².